The highest BCUT2D eigenvalue weighted by Crippen LogP contribution is 2.37. The quantitative estimate of drug-likeness (QED) is 0.198. The standard InChI is InChI=1S/C25H21F3N6O2S.2FH/c1-15-24(35)34(22-20(26)3-2-4-21(22)27)25(37-15)33-32-13-16-5-7-17(8-6-16)23(29)31-14-30-18-9-11-19(36-28)12-10-18;;/h3,5-15H,2,4H2,1H3,(H2,29,30,31);2*1H/b32-13+,33-25-;;. The second-order valence-corrected chi connectivity index (χ2v) is 9.17. The Bertz CT molecular complexity index is 1360. The molecule has 2 N–H and O–H groups in total. The molecular formula is C25H23F5N6O2S. The smallest absolute Gasteiger partial charge is 0.246 e. The van der Waals surface area contributed by atoms with Gasteiger partial charge in [-0.1, -0.05) is 36.0 Å². The molecule has 1 unspecified atom stereocenters. The van der Waals surface area contributed by atoms with Crippen molar-refractivity contribution in [2.24, 2.45) is 25.9 Å². The molecule has 0 radical (unpaired) electrons. The van der Waals surface area contributed by atoms with Gasteiger partial charge < -0.3 is 5.73 Å². The lowest BCUT2D eigenvalue weighted by atomic mass is 10.1. The van der Waals surface area contributed by atoms with Crippen LogP contribution in [0.3, 0.4) is 0 Å². The van der Waals surface area contributed by atoms with Crippen molar-refractivity contribution < 1.29 is 32.5 Å². The number of carbonyl (C=O) groups excluding carboxylic acids is 1. The third-order valence-electron chi connectivity index (χ3n) is 5.32. The summed E-state index contributed by atoms with van der Waals surface area (Å²) in [6.45, 7) is 1.64. The first-order chi connectivity index (χ1) is 17.9. The van der Waals surface area contributed by atoms with E-state index in [1.807, 2.05) is 0 Å². The molecule has 1 amide bonds. The number of allylic oxidation sites excluding steroid dienone is 3. The number of nitrogens with zero attached hydrogens (tertiary/aromatic N) is 5. The van der Waals surface area contributed by atoms with Gasteiger partial charge in [-0.25, -0.2) is 18.8 Å². The zero-order valence-corrected chi connectivity index (χ0v) is 21.1. The van der Waals surface area contributed by atoms with Gasteiger partial charge in [0.1, 0.15) is 29.5 Å². The van der Waals surface area contributed by atoms with Crippen molar-refractivity contribution in [3.63, 3.8) is 0 Å². The second-order valence-electron chi connectivity index (χ2n) is 7.86. The summed E-state index contributed by atoms with van der Waals surface area (Å²) in [6.07, 6.45) is 4.24. The van der Waals surface area contributed by atoms with Crippen LogP contribution in [0.4, 0.5) is 28.4 Å². The first kappa shape index (κ1) is 30.9. The van der Waals surface area contributed by atoms with Crippen LogP contribution in [-0.4, -0.2) is 39.6 Å². The molecular weight excluding hydrogens is 543 g/mol. The molecule has 1 saturated heterocycles. The predicted molar refractivity (Wildman–Crippen MR) is 144 cm³/mol. The van der Waals surface area contributed by atoms with Gasteiger partial charge in [-0.3, -0.25) is 24.0 Å². The predicted octanol–water partition coefficient (Wildman–Crippen LogP) is 5.80. The molecule has 4 rings (SSSR count). The van der Waals surface area contributed by atoms with Gasteiger partial charge >= 0.3 is 0 Å². The molecule has 2 aromatic rings. The number of hydrogen-bond acceptors (Lipinski definition) is 6. The van der Waals surface area contributed by atoms with Gasteiger partial charge in [-0.05, 0) is 49.2 Å². The van der Waals surface area contributed by atoms with Gasteiger partial charge in [-0.2, -0.15) is 5.10 Å². The van der Waals surface area contributed by atoms with E-state index in [2.05, 4.69) is 25.1 Å². The largest absolute Gasteiger partial charge is 0.383 e. The summed E-state index contributed by atoms with van der Waals surface area (Å²) >= 11 is 1.08. The van der Waals surface area contributed by atoms with Crippen LogP contribution in [0, 0.1) is 0 Å². The Kier molecular flexibility index (Phi) is 11.1. The van der Waals surface area contributed by atoms with E-state index >= 15 is 0 Å². The van der Waals surface area contributed by atoms with E-state index in [0.29, 0.717) is 16.8 Å². The van der Waals surface area contributed by atoms with Gasteiger partial charge in [0, 0.05) is 16.5 Å². The Morgan fingerprint density at radius 3 is 2.46 bits per heavy atom. The molecule has 1 aliphatic heterocycles. The Morgan fingerprint density at radius 1 is 1.13 bits per heavy atom. The van der Waals surface area contributed by atoms with Gasteiger partial charge in [0.25, 0.3) is 0 Å². The topological polar surface area (TPSA) is 105 Å². The van der Waals surface area contributed by atoms with Crippen LogP contribution in [0.1, 0.15) is 30.9 Å². The number of benzene rings is 2. The van der Waals surface area contributed by atoms with Crippen LogP contribution in [0.15, 0.2) is 92.1 Å². The molecule has 0 aromatic heterocycles. The number of thioether (sulfide) groups is 1. The lowest BCUT2D eigenvalue weighted by Crippen LogP contribution is -2.32. The zero-order chi connectivity index (χ0) is 26.4. The average molecular weight is 567 g/mol. The molecule has 1 aliphatic carbocycles. The molecule has 1 fully saturated rings. The van der Waals surface area contributed by atoms with Gasteiger partial charge in [0.15, 0.2) is 10.9 Å². The number of rotatable bonds is 7. The van der Waals surface area contributed by atoms with Crippen molar-refractivity contribution in [3.05, 3.63) is 83.1 Å². The minimum Gasteiger partial charge on any atom is -0.383 e. The van der Waals surface area contributed by atoms with Crippen LogP contribution < -0.4 is 10.7 Å². The molecule has 0 spiro atoms. The average Bonchev–Trinajstić information content (AvgIpc) is 3.17. The van der Waals surface area contributed by atoms with Crippen molar-refractivity contribution in [2.45, 2.75) is 25.0 Å². The summed E-state index contributed by atoms with van der Waals surface area (Å²) in [5.74, 6) is -1.64. The molecule has 2 aliphatic rings. The number of amides is 1. The molecule has 0 saturated carbocycles. The number of nitrogens with two attached hydrogens (primary N) is 1. The minimum atomic E-state index is -0.785. The first-order valence-electron chi connectivity index (χ1n) is 11.1. The number of carbonyl (C=O) groups is 1. The summed E-state index contributed by atoms with van der Waals surface area (Å²) < 4.78 is 40.8. The Labute approximate surface area is 224 Å². The zero-order valence-electron chi connectivity index (χ0n) is 20.3. The molecule has 39 heavy (non-hydrogen) atoms. The summed E-state index contributed by atoms with van der Waals surface area (Å²) in [5.41, 5.74) is 7.45. The maximum Gasteiger partial charge on any atom is 0.246 e. The van der Waals surface area contributed by atoms with Crippen molar-refractivity contribution in [2.75, 3.05) is 0 Å². The fourth-order valence-electron chi connectivity index (χ4n) is 3.41. The van der Waals surface area contributed by atoms with Crippen molar-refractivity contribution >= 4 is 46.9 Å². The van der Waals surface area contributed by atoms with Crippen LogP contribution in [0.5, 0.6) is 5.75 Å². The maximum atomic E-state index is 14.4. The number of amidine groups is 2. The lowest BCUT2D eigenvalue weighted by molar-refractivity contribution is -0.124. The third-order valence-corrected chi connectivity index (χ3v) is 6.35. The normalized spacial score (nSPS) is 19.0. The maximum absolute atomic E-state index is 14.4. The van der Waals surface area contributed by atoms with E-state index < -0.39 is 28.5 Å². The molecule has 1 atom stereocenters. The first-order valence-corrected chi connectivity index (χ1v) is 12.0. The minimum absolute atomic E-state index is 0. The van der Waals surface area contributed by atoms with Crippen molar-refractivity contribution in [3.8, 4) is 5.75 Å². The molecule has 0 bridgehead atoms. The van der Waals surface area contributed by atoms with Crippen LogP contribution in [0.25, 0.3) is 0 Å². The summed E-state index contributed by atoms with van der Waals surface area (Å²) in [5, 5.41) is 7.61. The highest BCUT2D eigenvalue weighted by Gasteiger charge is 2.40. The molecule has 206 valence electrons. The third kappa shape index (κ3) is 7.37. The number of halogens is 5. The molecule has 1 heterocycles. The Morgan fingerprint density at radius 2 is 1.82 bits per heavy atom. The van der Waals surface area contributed by atoms with Crippen LogP contribution in [0.2, 0.25) is 0 Å². The van der Waals surface area contributed by atoms with E-state index in [1.54, 1.807) is 43.3 Å². The van der Waals surface area contributed by atoms with E-state index in [-0.39, 0.29) is 39.0 Å². The molecule has 8 nitrogen and oxygen atoms in total. The number of hydrogen-bond donors (Lipinski definition) is 1. The lowest BCUT2D eigenvalue weighted by Gasteiger charge is -2.21. The highest BCUT2D eigenvalue weighted by atomic mass is 32.2. The van der Waals surface area contributed by atoms with E-state index in [0.717, 1.165) is 16.7 Å². The van der Waals surface area contributed by atoms with E-state index in [4.69, 9.17) is 5.73 Å². The summed E-state index contributed by atoms with van der Waals surface area (Å²) in [7, 11) is 0. The molecule has 14 heteroatoms. The van der Waals surface area contributed by atoms with Crippen molar-refractivity contribution in [1.29, 1.82) is 0 Å². The van der Waals surface area contributed by atoms with E-state index in [9.17, 15) is 18.1 Å². The highest BCUT2D eigenvalue weighted by molar-refractivity contribution is 8.15. The van der Waals surface area contributed by atoms with Gasteiger partial charge in [-0.15, -0.1) is 5.10 Å². The fourth-order valence-corrected chi connectivity index (χ4v) is 4.31. The summed E-state index contributed by atoms with van der Waals surface area (Å²) in [6, 6.07) is 12.9. The number of aliphatic imine (C=N–C) groups is 2. The SMILES string of the molecule is CC1S/C(=N\N=C\c2ccc(C(N)=NC=Nc3ccc(OF)cc3)cc2)N(C2=C(F)CCC=C2F)C1=O.F.F. The Hall–Kier alpha value is -4.33. The monoisotopic (exact) mass is 566 g/mol. The fraction of sp³-hybridized carbons (Fsp3) is 0.160. The second kappa shape index (κ2) is 14.0. The van der Waals surface area contributed by atoms with Gasteiger partial charge in [0.05, 0.1) is 17.2 Å². The van der Waals surface area contributed by atoms with E-state index in [1.165, 1.54) is 30.8 Å². The van der Waals surface area contributed by atoms with Crippen LogP contribution >= 0.6 is 11.8 Å². The van der Waals surface area contributed by atoms with Crippen molar-refractivity contribution in [1.82, 2.24) is 4.90 Å². The summed E-state index contributed by atoms with van der Waals surface area (Å²) in [4.78, 5) is 25.3. The Balaban J connectivity index is 0.00000267. The molecule has 2 aromatic carbocycles. The van der Waals surface area contributed by atoms with Crippen LogP contribution in [-0.2, 0) is 4.79 Å². The van der Waals surface area contributed by atoms with Gasteiger partial charge in [0.2, 0.25) is 5.91 Å².